The number of aromatic nitrogens is 3. The highest BCUT2D eigenvalue weighted by atomic mass is 32.1. The molecule has 11 nitrogen and oxygen atoms in total. The lowest BCUT2D eigenvalue weighted by molar-refractivity contribution is 0.667. The lowest BCUT2D eigenvalue weighted by atomic mass is 9.98. The summed E-state index contributed by atoms with van der Waals surface area (Å²) in [6.45, 7) is 0. The first kappa shape index (κ1) is 85.1. The van der Waals surface area contributed by atoms with Gasteiger partial charge in [-0.05, 0) is 232 Å². The molecule has 9 heterocycles. The highest BCUT2D eigenvalue weighted by Crippen LogP contribution is 2.54. The third kappa shape index (κ3) is 14.0. The molecule has 0 saturated heterocycles. The van der Waals surface area contributed by atoms with Gasteiger partial charge in [0.1, 0.15) is 33.3 Å². The molecule has 31 rings (SSSR count). The number of benzene rings is 22. The fourth-order valence-corrected chi connectivity index (χ4v) is 23.7. The molecule has 0 aliphatic carbocycles. The molecule has 0 radical (unpaired) electrons. The Balaban J connectivity index is 0.000000105. The largest absolute Gasteiger partial charge is 0.456 e. The number of furan rings is 5. The molecule has 0 aliphatic heterocycles. The van der Waals surface area contributed by atoms with Crippen LogP contribution in [0.2, 0.25) is 0 Å². The van der Waals surface area contributed by atoms with Gasteiger partial charge in [0, 0.05) is 110 Å². The maximum absolute atomic E-state index is 7.04. The summed E-state index contributed by atoms with van der Waals surface area (Å²) in [5.74, 6) is 0. The second kappa shape index (κ2) is 35.2. The summed E-state index contributed by atoms with van der Waals surface area (Å²) >= 11 is 1.84. The van der Waals surface area contributed by atoms with E-state index in [0.29, 0.717) is 0 Å². The van der Waals surface area contributed by atoms with E-state index in [9.17, 15) is 0 Å². The Morgan fingerprint density at radius 2 is 0.493 bits per heavy atom. The molecule has 12 heteroatoms. The normalized spacial score (nSPS) is 11.8. The second-order valence-electron chi connectivity index (χ2n) is 37.6. The van der Waals surface area contributed by atoms with Crippen molar-refractivity contribution in [2.45, 2.75) is 0 Å². The molecule has 0 fully saturated rings. The molecule has 0 spiro atoms. The number of para-hydroxylation sites is 12. The molecule has 0 unspecified atom stereocenters. The van der Waals surface area contributed by atoms with Crippen molar-refractivity contribution in [1.29, 1.82) is 0 Å². The molecule has 0 saturated carbocycles. The lowest BCUT2D eigenvalue weighted by Crippen LogP contribution is -2.10. The van der Waals surface area contributed by atoms with Gasteiger partial charge in [-0.15, -0.1) is 11.3 Å². The van der Waals surface area contributed by atoms with Crippen LogP contribution in [0.15, 0.2) is 544 Å². The maximum atomic E-state index is 7.04. The average molecular weight is 1920 g/mol. The van der Waals surface area contributed by atoms with Gasteiger partial charge >= 0.3 is 0 Å². The van der Waals surface area contributed by atoms with Crippen molar-refractivity contribution >= 4 is 236 Å². The SMILES string of the molecule is c1ccc(-c2ccc(N(c3ccc4c(c3)oc3ccccc34)c3cccc4c3oc3c5ccccc5n(-c5ccccc5)c43)cc2)cc1.c1ccc(-c2ccc(N(c3cccc4c3oc3c5ccccc5n(-c5ccccc5)c43)c3cccc4c3sc3ccccc34)cc2)cc1.c1ccc(-n2c3ccccc3c3oc4c(N(c5ccc(-c6cccc7ccccc67)cc5)c5cccc6c5oc5ccccc56)cccc4c32)cc1. The zero-order chi connectivity index (χ0) is 97.4. The fourth-order valence-electron chi connectivity index (χ4n) is 22.5. The Morgan fingerprint density at radius 3 is 0.980 bits per heavy atom. The van der Waals surface area contributed by atoms with Crippen LogP contribution in [0.25, 0.3) is 224 Å². The summed E-state index contributed by atoms with van der Waals surface area (Å²) in [4.78, 5) is 6.95. The van der Waals surface area contributed by atoms with E-state index in [4.69, 9.17) is 22.1 Å². The summed E-state index contributed by atoms with van der Waals surface area (Å²) in [7, 11) is 0. The number of fused-ring (bicyclic) bond motifs is 25. The topological polar surface area (TPSA) is 90.2 Å². The minimum absolute atomic E-state index is 0.814. The summed E-state index contributed by atoms with van der Waals surface area (Å²) in [6, 6.07) is 184. The van der Waals surface area contributed by atoms with Crippen molar-refractivity contribution in [3.8, 4) is 50.4 Å². The molecule has 696 valence electrons. The van der Waals surface area contributed by atoms with Crippen molar-refractivity contribution in [2.75, 3.05) is 14.7 Å². The Bertz CT molecular complexity index is 10600. The molecule has 0 atom stereocenters. The highest BCUT2D eigenvalue weighted by molar-refractivity contribution is 7.26. The zero-order valence-electron chi connectivity index (χ0n) is 79.8. The van der Waals surface area contributed by atoms with Crippen LogP contribution in [0.5, 0.6) is 0 Å². The van der Waals surface area contributed by atoms with E-state index in [-0.39, 0.29) is 0 Å². The number of hydrogen-bond acceptors (Lipinski definition) is 9. The van der Waals surface area contributed by atoms with Crippen molar-refractivity contribution in [1.82, 2.24) is 13.7 Å². The molecule has 9 aromatic heterocycles. The number of nitrogens with zero attached hydrogens (tertiary/aromatic N) is 6. The Kier molecular flexibility index (Phi) is 20.2. The smallest absolute Gasteiger partial charge is 0.161 e. The van der Waals surface area contributed by atoms with Crippen molar-refractivity contribution in [2.24, 2.45) is 0 Å². The van der Waals surface area contributed by atoms with Crippen LogP contribution in [0.3, 0.4) is 0 Å². The third-order valence-corrected chi connectivity index (χ3v) is 30.4. The molecule has 31 aromatic rings. The summed E-state index contributed by atoms with van der Waals surface area (Å²) in [5.41, 5.74) is 34.6. The van der Waals surface area contributed by atoms with Gasteiger partial charge in [0.15, 0.2) is 39.1 Å². The van der Waals surface area contributed by atoms with Gasteiger partial charge < -0.3 is 50.5 Å². The molecule has 0 aliphatic rings. The zero-order valence-corrected chi connectivity index (χ0v) is 80.6. The molecular formula is C136H86N6O5S. The minimum atomic E-state index is 0.814. The third-order valence-electron chi connectivity index (χ3n) is 29.2. The van der Waals surface area contributed by atoms with Gasteiger partial charge in [-0.2, -0.15) is 0 Å². The van der Waals surface area contributed by atoms with Crippen molar-refractivity contribution in [3.63, 3.8) is 0 Å². The molecule has 0 amide bonds. The van der Waals surface area contributed by atoms with Crippen LogP contribution < -0.4 is 14.7 Å². The molecule has 0 N–H and O–H groups in total. The van der Waals surface area contributed by atoms with E-state index in [2.05, 4.69) is 520 Å². The minimum Gasteiger partial charge on any atom is -0.456 e. The maximum Gasteiger partial charge on any atom is 0.161 e. The predicted octanol–water partition coefficient (Wildman–Crippen LogP) is 39.3. The van der Waals surface area contributed by atoms with Crippen LogP contribution in [0.1, 0.15) is 0 Å². The Hall–Kier alpha value is -19.7. The molecule has 0 bridgehead atoms. The van der Waals surface area contributed by atoms with Crippen molar-refractivity contribution in [3.05, 3.63) is 522 Å². The lowest BCUT2D eigenvalue weighted by Gasteiger charge is -2.26. The molecular weight excluding hydrogens is 1830 g/mol. The van der Waals surface area contributed by atoms with Gasteiger partial charge in [0.05, 0.1) is 55.4 Å². The van der Waals surface area contributed by atoms with E-state index in [0.717, 1.165) is 222 Å². The Morgan fingerprint density at radius 1 is 0.176 bits per heavy atom. The first-order chi connectivity index (χ1) is 73.5. The van der Waals surface area contributed by atoms with Gasteiger partial charge in [0.2, 0.25) is 0 Å². The van der Waals surface area contributed by atoms with Gasteiger partial charge in [-0.1, -0.05) is 328 Å². The molecule has 148 heavy (non-hydrogen) atoms. The van der Waals surface area contributed by atoms with E-state index >= 15 is 0 Å². The summed E-state index contributed by atoms with van der Waals surface area (Å²) < 4.78 is 43.6. The second-order valence-corrected chi connectivity index (χ2v) is 38.6. The number of hydrogen-bond donors (Lipinski definition) is 0. The first-order valence-corrected chi connectivity index (χ1v) is 50.8. The standard InChI is InChI=1S/C48H30N2O2.C44H28N2O2.C44H28N2OS/c1-2-15-33(16-3-1)50-41-23-8-6-19-39(41)48-45(50)40-22-12-25-43(47(40)52-48)49(42-24-11-21-38-37-18-7-9-26-44(37)51-46(38)42)34-29-27-32(28-30-34)36-20-10-14-31-13-4-5-17-35(31)36;1-3-12-29(13-4-1)30-22-24-32(25-23-30)45(33-26-27-35-34-16-8-10-21-40(34)47-41(35)28-33)39-20-11-18-37-42-44(48-43(37)39)36-17-7-9-19-38(36)46(42)31-14-5-2-6-15-31;1-3-13-29(14-4-1)30-25-27-32(28-26-30)45(39-23-11-19-34-33-17-8-10-24-40(33)48-44(34)39)38-22-12-20-36-41-43(47-42(36)38)35-18-7-9-21-37(35)46(41)31-15-5-2-6-16-31/h1-30H;2*1-28H. The van der Waals surface area contributed by atoms with Crippen LogP contribution in [0, 0.1) is 0 Å². The van der Waals surface area contributed by atoms with Crippen LogP contribution in [0.4, 0.5) is 51.2 Å². The summed E-state index contributed by atoms with van der Waals surface area (Å²) in [6.07, 6.45) is 0. The van der Waals surface area contributed by atoms with Crippen molar-refractivity contribution < 1.29 is 22.1 Å². The first-order valence-electron chi connectivity index (χ1n) is 50.0. The fraction of sp³-hybridized carbons (Fsp3) is 0. The summed E-state index contributed by atoms with van der Waals surface area (Å²) in [5, 5.41) is 15.8. The predicted molar refractivity (Wildman–Crippen MR) is 617 cm³/mol. The van der Waals surface area contributed by atoms with E-state index in [1.54, 1.807) is 0 Å². The van der Waals surface area contributed by atoms with E-state index in [1.807, 2.05) is 41.7 Å². The van der Waals surface area contributed by atoms with Crippen LogP contribution in [-0.2, 0) is 0 Å². The average Bonchev–Trinajstić information content (AvgIpc) is 1.56. The van der Waals surface area contributed by atoms with Crippen LogP contribution >= 0.6 is 11.3 Å². The highest BCUT2D eigenvalue weighted by Gasteiger charge is 2.32. The molecule has 22 aromatic carbocycles. The van der Waals surface area contributed by atoms with Gasteiger partial charge in [-0.3, -0.25) is 0 Å². The van der Waals surface area contributed by atoms with E-state index in [1.165, 1.54) is 53.2 Å². The van der Waals surface area contributed by atoms with Gasteiger partial charge in [0.25, 0.3) is 0 Å². The monoisotopic (exact) mass is 1910 g/mol. The van der Waals surface area contributed by atoms with Gasteiger partial charge in [-0.25, -0.2) is 0 Å². The number of thiophene rings is 1. The number of rotatable bonds is 15. The van der Waals surface area contributed by atoms with Crippen LogP contribution in [-0.4, -0.2) is 13.7 Å². The Labute approximate surface area is 852 Å². The number of anilines is 9. The quantitative estimate of drug-likeness (QED) is 0.100. The van der Waals surface area contributed by atoms with E-state index < -0.39 is 0 Å².